The van der Waals surface area contributed by atoms with Crippen molar-refractivity contribution in [2.75, 3.05) is 53.0 Å². The molecule has 0 radical (unpaired) electrons. The molecule has 2 saturated heterocycles. The number of aliphatic imine (C=N–C) groups is 1. The van der Waals surface area contributed by atoms with Gasteiger partial charge in [-0.2, -0.15) is 0 Å². The zero-order valence-electron chi connectivity index (χ0n) is 16.4. The second kappa shape index (κ2) is 11.7. The topological polar surface area (TPSA) is 62.2 Å². The van der Waals surface area contributed by atoms with E-state index in [1.165, 1.54) is 6.42 Å². The van der Waals surface area contributed by atoms with E-state index in [4.69, 9.17) is 9.47 Å². The van der Waals surface area contributed by atoms with Crippen LogP contribution < -0.4 is 10.1 Å². The van der Waals surface area contributed by atoms with Crippen LogP contribution in [0.4, 0.5) is 0 Å². The van der Waals surface area contributed by atoms with Crippen LogP contribution in [-0.4, -0.2) is 79.8 Å². The minimum absolute atomic E-state index is 0. The molecular weight excluding hydrogens is 457 g/mol. The Kier molecular flexibility index (Phi) is 9.57. The summed E-state index contributed by atoms with van der Waals surface area (Å²) < 4.78 is 11.2. The first-order valence-corrected chi connectivity index (χ1v) is 9.66. The summed E-state index contributed by atoms with van der Waals surface area (Å²) in [6, 6.07) is 4.60. The minimum Gasteiger partial charge on any atom is -0.477 e. The van der Waals surface area contributed by atoms with E-state index in [1.807, 2.05) is 13.1 Å². The van der Waals surface area contributed by atoms with E-state index in [0.29, 0.717) is 25.1 Å². The summed E-state index contributed by atoms with van der Waals surface area (Å²) in [4.78, 5) is 13.7. The maximum Gasteiger partial charge on any atom is 0.218 e. The first-order chi connectivity index (χ1) is 12.8. The fraction of sp³-hybridized carbons (Fsp3) is 0.684. The molecule has 1 aromatic rings. The van der Waals surface area contributed by atoms with Crippen molar-refractivity contribution in [3.05, 3.63) is 23.9 Å². The predicted molar refractivity (Wildman–Crippen MR) is 118 cm³/mol. The van der Waals surface area contributed by atoms with Gasteiger partial charge in [0.1, 0.15) is 0 Å². The van der Waals surface area contributed by atoms with E-state index in [0.717, 1.165) is 57.3 Å². The number of hydrogen-bond donors (Lipinski definition) is 1. The zero-order valence-corrected chi connectivity index (χ0v) is 18.7. The van der Waals surface area contributed by atoms with Gasteiger partial charge in [-0.1, -0.05) is 13.0 Å². The van der Waals surface area contributed by atoms with Gasteiger partial charge in [0.05, 0.1) is 19.8 Å². The molecule has 1 atom stereocenters. The van der Waals surface area contributed by atoms with Crippen LogP contribution in [0.15, 0.2) is 23.3 Å². The third kappa shape index (κ3) is 6.18. The van der Waals surface area contributed by atoms with Crippen LogP contribution in [0.3, 0.4) is 0 Å². The molecule has 2 fully saturated rings. The average Bonchev–Trinajstić information content (AvgIpc) is 3.18. The van der Waals surface area contributed by atoms with Crippen molar-refractivity contribution >= 4 is 29.9 Å². The number of nitrogens with one attached hydrogen (secondary N) is 1. The predicted octanol–water partition coefficient (Wildman–Crippen LogP) is 1.97. The third-order valence-corrected chi connectivity index (χ3v) is 4.97. The van der Waals surface area contributed by atoms with Crippen LogP contribution in [0.1, 0.15) is 25.3 Å². The van der Waals surface area contributed by atoms with E-state index in [9.17, 15) is 0 Å². The lowest BCUT2D eigenvalue weighted by Gasteiger charge is -2.32. The van der Waals surface area contributed by atoms with Crippen LogP contribution in [0.2, 0.25) is 0 Å². The molecule has 3 rings (SSSR count). The van der Waals surface area contributed by atoms with E-state index in [-0.39, 0.29) is 24.0 Å². The van der Waals surface area contributed by atoms with Gasteiger partial charge in [-0.3, -0.25) is 9.89 Å². The van der Waals surface area contributed by atoms with Gasteiger partial charge in [0.15, 0.2) is 5.96 Å². The summed E-state index contributed by atoms with van der Waals surface area (Å²) in [5, 5.41) is 3.48. The Balaban J connectivity index is 0.00000261. The van der Waals surface area contributed by atoms with Crippen LogP contribution in [0.25, 0.3) is 0 Å². The lowest BCUT2D eigenvalue weighted by Crippen LogP contribution is -2.46. The highest BCUT2D eigenvalue weighted by atomic mass is 127. The number of halogens is 1. The third-order valence-electron chi connectivity index (χ3n) is 4.97. The van der Waals surface area contributed by atoms with E-state index in [1.54, 1.807) is 6.20 Å². The normalized spacial score (nSPS) is 21.0. The van der Waals surface area contributed by atoms with E-state index < -0.39 is 0 Å². The standard InChI is InChI=1S/C19H31N5O2.HI/c1-3-11-26-18-16(5-4-7-21-18)14-22-19(20-2)24-8-6-17(15-24)23-9-12-25-13-10-23;/h4-5,7,17H,3,6,8-15H2,1-2H3,(H,20,22);1H. The summed E-state index contributed by atoms with van der Waals surface area (Å²) in [5.74, 6) is 1.66. The quantitative estimate of drug-likeness (QED) is 0.375. The van der Waals surface area contributed by atoms with Crippen LogP contribution in [-0.2, 0) is 11.3 Å². The van der Waals surface area contributed by atoms with Gasteiger partial charge >= 0.3 is 0 Å². The van der Waals surface area contributed by atoms with E-state index in [2.05, 4.69) is 38.1 Å². The Morgan fingerprint density at radius 2 is 2.19 bits per heavy atom. The molecule has 0 bridgehead atoms. The van der Waals surface area contributed by atoms with Gasteiger partial charge < -0.3 is 19.7 Å². The van der Waals surface area contributed by atoms with Crippen LogP contribution in [0, 0.1) is 0 Å². The van der Waals surface area contributed by atoms with Crippen molar-refractivity contribution < 1.29 is 9.47 Å². The Morgan fingerprint density at radius 3 is 2.93 bits per heavy atom. The van der Waals surface area contributed by atoms with Crippen molar-refractivity contribution in [2.24, 2.45) is 4.99 Å². The molecule has 1 unspecified atom stereocenters. The molecule has 2 aliphatic heterocycles. The number of likely N-dealkylation sites (tertiary alicyclic amines) is 1. The first kappa shape index (κ1) is 22.2. The van der Waals surface area contributed by atoms with Gasteiger partial charge in [0.25, 0.3) is 0 Å². The highest BCUT2D eigenvalue weighted by Gasteiger charge is 2.30. The summed E-state index contributed by atoms with van der Waals surface area (Å²) in [7, 11) is 1.85. The monoisotopic (exact) mass is 489 g/mol. The second-order valence-corrected chi connectivity index (χ2v) is 6.75. The molecule has 7 nitrogen and oxygen atoms in total. The molecule has 1 aromatic heterocycles. The molecule has 27 heavy (non-hydrogen) atoms. The molecule has 0 amide bonds. The Bertz CT molecular complexity index is 595. The molecule has 1 N–H and O–H groups in total. The Hall–Kier alpha value is -1.13. The number of guanidine groups is 1. The molecular formula is C19H32IN5O2. The van der Waals surface area contributed by atoms with Crippen molar-refractivity contribution in [1.29, 1.82) is 0 Å². The number of pyridine rings is 1. The fourth-order valence-corrected chi connectivity index (χ4v) is 3.57. The highest BCUT2D eigenvalue weighted by molar-refractivity contribution is 14.0. The van der Waals surface area contributed by atoms with Gasteiger partial charge in [0, 0.05) is 57.6 Å². The minimum atomic E-state index is 0. The maximum atomic E-state index is 5.75. The lowest BCUT2D eigenvalue weighted by molar-refractivity contribution is 0.0195. The molecule has 2 aliphatic rings. The smallest absolute Gasteiger partial charge is 0.218 e. The number of aromatic nitrogens is 1. The fourth-order valence-electron chi connectivity index (χ4n) is 3.57. The molecule has 0 saturated carbocycles. The van der Waals surface area contributed by atoms with Crippen molar-refractivity contribution in [3.63, 3.8) is 0 Å². The van der Waals surface area contributed by atoms with Crippen molar-refractivity contribution in [1.82, 2.24) is 20.1 Å². The zero-order chi connectivity index (χ0) is 18.2. The summed E-state index contributed by atoms with van der Waals surface area (Å²) in [6.07, 6.45) is 3.93. The second-order valence-electron chi connectivity index (χ2n) is 6.75. The van der Waals surface area contributed by atoms with Crippen molar-refractivity contribution in [3.8, 4) is 5.88 Å². The largest absolute Gasteiger partial charge is 0.477 e. The van der Waals surface area contributed by atoms with Crippen LogP contribution >= 0.6 is 24.0 Å². The molecule has 0 aliphatic carbocycles. The highest BCUT2D eigenvalue weighted by Crippen LogP contribution is 2.18. The SMILES string of the molecule is CCCOc1ncccc1CNC(=NC)N1CCC(N2CCOCC2)C1.I. The van der Waals surface area contributed by atoms with Gasteiger partial charge in [-0.15, -0.1) is 24.0 Å². The summed E-state index contributed by atoms with van der Waals surface area (Å²) in [6.45, 7) is 9.29. The van der Waals surface area contributed by atoms with Gasteiger partial charge in [-0.05, 0) is 18.9 Å². The maximum absolute atomic E-state index is 5.75. The van der Waals surface area contributed by atoms with Crippen molar-refractivity contribution in [2.45, 2.75) is 32.4 Å². The number of nitrogens with zero attached hydrogens (tertiary/aromatic N) is 4. The molecule has 152 valence electrons. The van der Waals surface area contributed by atoms with Gasteiger partial charge in [0.2, 0.25) is 5.88 Å². The molecule has 3 heterocycles. The Morgan fingerprint density at radius 1 is 1.37 bits per heavy atom. The molecule has 0 spiro atoms. The Labute approximate surface area is 179 Å². The van der Waals surface area contributed by atoms with E-state index >= 15 is 0 Å². The van der Waals surface area contributed by atoms with Gasteiger partial charge in [-0.25, -0.2) is 4.98 Å². The molecule has 8 heteroatoms. The number of rotatable bonds is 6. The lowest BCUT2D eigenvalue weighted by atomic mass is 10.2. The summed E-state index contributed by atoms with van der Waals surface area (Å²) in [5.41, 5.74) is 1.06. The average molecular weight is 489 g/mol. The first-order valence-electron chi connectivity index (χ1n) is 9.66. The number of morpholine rings is 1. The van der Waals surface area contributed by atoms with Crippen LogP contribution in [0.5, 0.6) is 5.88 Å². The summed E-state index contributed by atoms with van der Waals surface area (Å²) >= 11 is 0. The number of hydrogen-bond acceptors (Lipinski definition) is 5. The number of ether oxygens (including phenoxy) is 2. The molecule has 0 aromatic carbocycles.